The summed E-state index contributed by atoms with van der Waals surface area (Å²) in [6.07, 6.45) is 4.85. The van der Waals surface area contributed by atoms with Crippen molar-refractivity contribution in [2.24, 2.45) is 0 Å². The number of H-pyrrole nitrogens is 1. The fraction of sp³-hybridized carbons (Fsp3) is 0.250. The lowest BCUT2D eigenvalue weighted by molar-refractivity contribution is 0.653. The van der Waals surface area contributed by atoms with Crippen LogP contribution in [0.3, 0.4) is 0 Å². The Kier molecular flexibility index (Phi) is 6.84. The van der Waals surface area contributed by atoms with Gasteiger partial charge in [-0.1, -0.05) is 74.0 Å². The normalized spacial score (nSPS) is 11.2. The van der Waals surface area contributed by atoms with Gasteiger partial charge in [-0.15, -0.1) is 10.2 Å². The summed E-state index contributed by atoms with van der Waals surface area (Å²) in [5, 5.41) is 14.4. The van der Waals surface area contributed by atoms with Gasteiger partial charge in [0.2, 0.25) is 5.82 Å². The molecule has 2 aromatic carbocycles. The molecule has 8 nitrogen and oxygen atoms in total. The smallest absolute Gasteiger partial charge is 0.292 e. The molecule has 0 bridgehead atoms. The van der Waals surface area contributed by atoms with Gasteiger partial charge < -0.3 is 0 Å². The van der Waals surface area contributed by atoms with Crippen LogP contribution in [0.4, 0.5) is 0 Å². The molecule has 5 aromatic rings. The van der Waals surface area contributed by atoms with E-state index < -0.39 is 0 Å². The van der Waals surface area contributed by atoms with E-state index in [4.69, 9.17) is 4.98 Å². The largest absolute Gasteiger partial charge is 0.329 e. The number of aromatic nitrogens is 7. The highest BCUT2D eigenvalue weighted by Crippen LogP contribution is 2.28. The van der Waals surface area contributed by atoms with E-state index in [0.717, 1.165) is 58.6 Å². The molecule has 0 spiro atoms. The van der Waals surface area contributed by atoms with Crippen molar-refractivity contribution in [1.29, 1.82) is 0 Å². The summed E-state index contributed by atoms with van der Waals surface area (Å²) < 4.78 is 3.81. The van der Waals surface area contributed by atoms with E-state index in [1.54, 1.807) is 0 Å². The molecule has 182 valence electrons. The van der Waals surface area contributed by atoms with E-state index in [9.17, 15) is 4.79 Å². The first-order chi connectivity index (χ1) is 17.7. The minimum absolute atomic E-state index is 0.0222. The Balaban J connectivity index is 1.45. The van der Waals surface area contributed by atoms with Crippen LogP contribution in [-0.2, 0) is 19.5 Å². The number of nitrogens with one attached hydrogen (secondary N) is 1. The van der Waals surface area contributed by atoms with Gasteiger partial charge in [0.05, 0.1) is 18.8 Å². The number of benzene rings is 2. The second kappa shape index (κ2) is 10.5. The van der Waals surface area contributed by atoms with Gasteiger partial charge in [-0.25, -0.2) is 4.79 Å². The van der Waals surface area contributed by atoms with Gasteiger partial charge in [-0.2, -0.15) is 5.21 Å². The molecule has 0 amide bonds. The molecule has 5 rings (SSSR count). The van der Waals surface area contributed by atoms with Gasteiger partial charge >= 0.3 is 5.69 Å². The van der Waals surface area contributed by atoms with Gasteiger partial charge in [-0.3, -0.25) is 14.1 Å². The number of nitrogens with zero attached hydrogens (tertiary/aromatic N) is 6. The Bertz CT molecular complexity index is 1480. The number of unbranched alkanes of at least 4 members (excludes halogenated alkanes) is 1. The highest BCUT2D eigenvalue weighted by molar-refractivity contribution is 5.78. The van der Waals surface area contributed by atoms with Crippen molar-refractivity contribution in [3.05, 3.63) is 106 Å². The minimum atomic E-state index is 0.0222. The molecule has 3 heterocycles. The summed E-state index contributed by atoms with van der Waals surface area (Å²) in [5.41, 5.74) is 6.86. The Hall–Kier alpha value is -4.33. The summed E-state index contributed by atoms with van der Waals surface area (Å²) in [5.74, 6) is 0.527. The van der Waals surface area contributed by atoms with Crippen LogP contribution in [0.25, 0.3) is 22.6 Å². The Morgan fingerprint density at radius 2 is 1.61 bits per heavy atom. The number of tetrazole rings is 1. The van der Waals surface area contributed by atoms with Crippen LogP contribution in [0.5, 0.6) is 0 Å². The summed E-state index contributed by atoms with van der Waals surface area (Å²) >= 11 is 0. The first kappa shape index (κ1) is 23.4. The zero-order valence-corrected chi connectivity index (χ0v) is 20.6. The van der Waals surface area contributed by atoms with Gasteiger partial charge in [-0.05, 0) is 42.2 Å². The predicted molar refractivity (Wildman–Crippen MR) is 140 cm³/mol. The van der Waals surface area contributed by atoms with Crippen molar-refractivity contribution in [2.75, 3.05) is 0 Å². The van der Waals surface area contributed by atoms with Crippen LogP contribution in [0.15, 0.2) is 77.7 Å². The molecule has 0 aliphatic heterocycles. The van der Waals surface area contributed by atoms with Crippen molar-refractivity contribution >= 4 is 0 Å². The lowest BCUT2D eigenvalue weighted by atomic mass is 10.0. The molecule has 1 N–H and O–H groups in total. The Morgan fingerprint density at radius 3 is 2.31 bits per heavy atom. The minimum Gasteiger partial charge on any atom is -0.292 e. The standard InChI is InChI=1S/C28H29N7O/c1-3-4-14-26-20(2)34(18-21-10-6-5-7-11-21)28(36)35(26)19-22-15-16-25(29-17-22)23-12-8-9-13-24(23)27-30-32-33-31-27/h5-13,15-17H,3-4,14,18-19H2,1-2H3,(H,30,31,32,33). The van der Waals surface area contributed by atoms with Gasteiger partial charge in [0, 0.05) is 28.7 Å². The number of pyridine rings is 1. The molecule has 0 saturated carbocycles. The maximum absolute atomic E-state index is 13.5. The zero-order chi connectivity index (χ0) is 24.9. The van der Waals surface area contributed by atoms with Crippen molar-refractivity contribution in [2.45, 2.75) is 46.2 Å². The molecule has 0 aliphatic carbocycles. The van der Waals surface area contributed by atoms with Crippen LogP contribution in [-0.4, -0.2) is 34.7 Å². The first-order valence-electron chi connectivity index (χ1n) is 12.3. The van der Waals surface area contributed by atoms with Crippen molar-refractivity contribution in [1.82, 2.24) is 34.7 Å². The van der Waals surface area contributed by atoms with Crippen molar-refractivity contribution in [3.8, 4) is 22.6 Å². The molecule has 3 aromatic heterocycles. The molecule has 0 atom stereocenters. The summed E-state index contributed by atoms with van der Waals surface area (Å²) in [6, 6.07) is 22.0. The molecule has 8 heteroatoms. The number of imidazole rings is 1. The molecule has 0 radical (unpaired) electrons. The van der Waals surface area contributed by atoms with Crippen LogP contribution >= 0.6 is 0 Å². The highest BCUT2D eigenvalue weighted by atomic mass is 16.1. The monoisotopic (exact) mass is 479 g/mol. The van der Waals surface area contributed by atoms with E-state index in [-0.39, 0.29) is 5.69 Å². The fourth-order valence-corrected chi connectivity index (χ4v) is 4.57. The predicted octanol–water partition coefficient (Wildman–Crippen LogP) is 4.64. The molecule has 0 fully saturated rings. The molecular formula is C28H29N7O. The number of aromatic amines is 1. The van der Waals surface area contributed by atoms with E-state index in [0.29, 0.717) is 18.9 Å². The fourth-order valence-electron chi connectivity index (χ4n) is 4.57. The summed E-state index contributed by atoms with van der Waals surface area (Å²) in [6.45, 7) is 5.29. The van der Waals surface area contributed by atoms with E-state index in [1.165, 1.54) is 0 Å². The number of rotatable bonds is 9. The molecule has 36 heavy (non-hydrogen) atoms. The number of hydrogen-bond acceptors (Lipinski definition) is 5. The van der Waals surface area contributed by atoms with Crippen LogP contribution < -0.4 is 5.69 Å². The molecular weight excluding hydrogens is 450 g/mol. The van der Waals surface area contributed by atoms with Gasteiger partial charge in [0.1, 0.15) is 0 Å². The lowest BCUT2D eigenvalue weighted by Crippen LogP contribution is -2.26. The van der Waals surface area contributed by atoms with Gasteiger partial charge in [0.25, 0.3) is 0 Å². The van der Waals surface area contributed by atoms with E-state index in [1.807, 2.05) is 69.9 Å². The van der Waals surface area contributed by atoms with Crippen LogP contribution in [0, 0.1) is 6.92 Å². The molecule has 0 unspecified atom stereocenters. The Labute approximate surface area is 209 Å². The highest BCUT2D eigenvalue weighted by Gasteiger charge is 2.18. The average Bonchev–Trinajstić information content (AvgIpc) is 3.53. The number of hydrogen-bond donors (Lipinski definition) is 1. The summed E-state index contributed by atoms with van der Waals surface area (Å²) in [7, 11) is 0. The third-order valence-corrected chi connectivity index (χ3v) is 6.52. The zero-order valence-electron chi connectivity index (χ0n) is 20.6. The Morgan fingerprint density at radius 1 is 0.861 bits per heavy atom. The van der Waals surface area contributed by atoms with Crippen molar-refractivity contribution in [3.63, 3.8) is 0 Å². The second-order valence-electron chi connectivity index (χ2n) is 8.91. The third kappa shape index (κ3) is 4.75. The van der Waals surface area contributed by atoms with E-state index in [2.05, 4.69) is 46.6 Å². The third-order valence-electron chi connectivity index (χ3n) is 6.52. The topological polar surface area (TPSA) is 94.3 Å². The first-order valence-corrected chi connectivity index (χ1v) is 12.3. The maximum atomic E-state index is 13.5. The van der Waals surface area contributed by atoms with Gasteiger partial charge in [0.15, 0.2) is 0 Å². The van der Waals surface area contributed by atoms with Crippen LogP contribution in [0.2, 0.25) is 0 Å². The SMILES string of the molecule is CCCCc1c(C)n(Cc2ccccc2)c(=O)n1Cc1ccc(-c2ccccc2-c2nn[nH]n2)nc1. The lowest BCUT2D eigenvalue weighted by Gasteiger charge is -2.10. The van der Waals surface area contributed by atoms with Crippen molar-refractivity contribution < 1.29 is 0 Å². The summed E-state index contributed by atoms with van der Waals surface area (Å²) in [4.78, 5) is 18.3. The van der Waals surface area contributed by atoms with E-state index >= 15 is 0 Å². The second-order valence-corrected chi connectivity index (χ2v) is 8.91. The quantitative estimate of drug-likeness (QED) is 0.332. The molecule has 0 saturated heterocycles. The maximum Gasteiger partial charge on any atom is 0.329 e. The molecule has 0 aliphatic rings. The van der Waals surface area contributed by atoms with Crippen LogP contribution in [0.1, 0.15) is 42.3 Å². The average molecular weight is 480 g/mol.